The fraction of sp³-hybridized carbons (Fsp3) is 0.200. The van der Waals surface area contributed by atoms with Crippen LogP contribution in [0.1, 0.15) is 18.1 Å². The Balaban J connectivity index is 1.82. The number of hydrogen-bond donors (Lipinski definition) is 2. The summed E-state index contributed by atoms with van der Waals surface area (Å²) in [5.74, 6) is -1.43. The third-order valence-corrected chi connectivity index (χ3v) is 5.02. The molecule has 0 saturated carbocycles. The van der Waals surface area contributed by atoms with Gasteiger partial charge in [0.1, 0.15) is 6.54 Å². The standard InChI is InChI=1S/C20H21ClN2O5S/c1-14-3-5-16(6-4-14)11-12-29(26,27)22-13-19(24)28-15(2)20(25)23-18-9-7-17(21)8-10-18/h3-12,15,22H,13H2,1-2H3,(H,23,25)/b12-11+. The summed E-state index contributed by atoms with van der Waals surface area (Å²) in [6, 6.07) is 13.7. The number of hydrogen-bond acceptors (Lipinski definition) is 5. The molecule has 154 valence electrons. The number of amides is 1. The first-order valence-electron chi connectivity index (χ1n) is 8.65. The quantitative estimate of drug-likeness (QED) is 0.619. The molecular formula is C20H21ClN2O5S. The van der Waals surface area contributed by atoms with Crippen LogP contribution in [0.4, 0.5) is 5.69 Å². The van der Waals surface area contributed by atoms with Crippen molar-refractivity contribution in [2.75, 3.05) is 11.9 Å². The van der Waals surface area contributed by atoms with Gasteiger partial charge in [0.25, 0.3) is 5.91 Å². The molecule has 2 aromatic rings. The maximum atomic E-state index is 12.0. The Labute approximate surface area is 174 Å². The Bertz CT molecular complexity index is 987. The zero-order chi connectivity index (χ0) is 21.4. The van der Waals surface area contributed by atoms with Gasteiger partial charge in [-0.05, 0) is 49.8 Å². The summed E-state index contributed by atoms with van der Waals surface area (Å²) in [4.78, 5) is 23.9. The first-order valence-corrected chi connectivity index (χ1v) is 10.6. The predicted octanol–water partition coefficient (Wildman–Crippen LogP) is 3.11. The third kappa shape index (κ3) is 8.06. The van der Waals surface area contributed by atoms with Gasteiger partial charge in [0.2, 0.25) is 10.0 Å². The molecule has 1 atom stereocenters. The van der Waals surface area contributed by atoms with E-state index in [1.165, 1.54) is 13.0 Å². The summed E-state index contributed by atoms with van der Waals surface area (Å²) in [7, 11) is -3.84. The van der Waals surface area contributed by atoms with Gasteiger partial charge < -0.3 is 10.1 Å². The van der Waals surface area contributed by atoms with E-state index in [-0.39, 0.29) is 0 Å². The van der Waals surface area contributed by atoms with Gasteiger partial charge in [-0.2, -0.15) is 0 Å². The number of carbonyl (C=O) groups is 2. The van der Waals surface area contributed by atoms with Crippen LogP contribution in [0.15, 0.2) is 53.9 Å². The van der Waals surface area contributed by atoms with Crippen molar-refractivity contribution in [3.63, 3.8) is 0 Å². The van der Waals surface area contributed by atoms with Crippen LogP contribution in [0, 0.1) is 6.92 Å². The second-order valence-corrected chi connectivity index (χ2v) is 8.30. The van der Waals surface area contributed by atoms with Crippen LogP contribution in [-0.2, 0) is 24.3 Å². The van der Waals surface area contributed by atoms with E-state index in [2.05, 4.69) is 10.0 Å². The monoisotopic (exact) mass is 436 g/mol. The number of anilines is 1. The van der Waals surface area contributed by atoms with Gasteiger partial charge in [-0.15, -0.1) is 0 Å². The van der Waals surface area contributed by atoms with E-state index in [1.54, 1.807) is 36.4 Å². The third-order valence-electron chi connectivity index (χ3n) is 3.72. The number of rotatable bonds is 8. The van der Waals surface area contributed by atoms with Crippen LogP contribution in [0.2, 0.25) is 5.02 Å². The lowest BCUT2D eigenvalue weighted by molar-refractivity contribution is -0.151. The zero-order valence-electron chi connectivity index (χ0n) is 15.9. The van der Waals surface area contributed by atoms with Gasteiger partial charge in [-0.1, -0.05) is 41.4 Å². The Morgan fingerprint density at radius 3 is 2.34 bits per heavy atom. The maximum absolute atomic E-state index is 12.0. The molecule has 0 aliphatic heterocycles. The largest absolute Gasteiger partial charge is 0.452 e. The molecule has 0 aliphatic carbocycles. The molecule has 1 amide bonds. The Morgan fingerprint density at radius 1 is 1.10 bits per heavy atom. The SMILES string of the molecule is Cc1ccc(/C=C/S(=O)(=O)NCC(=O)OC(C)C(=O)Nc2ccc(Cl)cc2)cc1. The number of nitrogens with one attached hydrogen (secondary N) is 2. The lowest BCUT2D eigenvalue weighted by atomic mass is 10.2. The average Bonchev–Trinajstić information content (AvgIpc) is 2.68. The predicted molar refractivity (Wildman–Crippen MR) is 113 cm³/mol. The van der Waals surface area contributed by atoms with E-state index in [4.69, 9.17) is 16.3 Å². The van der Waals surface area contributed by atoms with Crippen LogP contribution >= 0.6 is 11.6 Å². The first kappa shape index (κ1) is 22.6. The van der Waals surface area contributed by atoms with Crippen molar-refractivity contribution in [1.82, 2.24) is 4.72 Å². The molecule has 1 unspecified atom stereocenters. The van der Waals surface area contributed by atoms with Crippen LogP contribution in [0.5, 0.6) is 0 Å². The van der Waals surface area contributed by atoms with E-state index in [0.717, 1.165) is 11.0 Å². The highest BCUT2D eigenvalue weighted by Gasteiger charge is 2.19. The van der Waals surface area contributed by atoms with E-state index in [0.29, 0.717) is 16.3 Å². The minimum absolute atomic E-state index is 0.490. The Kier molecular flexibility index (Phi) is 7.95. The summed E-state index contributed by atoms with van der Waals surface area (Å²) >= 11 is 5.77. The smallest absolute Gasteiger partial charge is 0.321 e. The minimum atomic E-state index is -3.84. The summed E-state index contributed by atoms with van der Waals surface area (Å²) in [6.45, 7) is 2.71. The number of benzene rings is 2. The van der Waals surface area contributed by atoms with Crippen LogP contribution in [-0.4, -0.2) is 32.9 Å². The van der Waals surface area contributed by atoms with Gasteiger partial charge in [-0.25, -0.2) is 13.1 Å². The molecule has 0 aliphatic rings. The van der Waals surface area contributed by atoms with E-state index in [9.17, 15) is 18.0 Å². The summed E-state index contributed by atoms with van der Waals surface area (Å²) < 4.78 is 31.0. The second kappa shape index (κ2) is 10.2. The molecule has 0 aromatic heterocycles. The molecule has 0 bridgehead atoms. The molecule has 0 radical (unpaired) electrons. The molecular weight excluding hydrogens is 416 g/mol. The lowest BCUT2D eigenvalue weighted by Crippen LogP contribution is -2.35. The molecule has 2 rings (SSSR count). The highest BCUT2D eigenvalue weighted by molar-refractivity contribution is 7.92. The molecule has 0 fully saturated rings. The second-order valence-electron chi connectivity index (χ2n) is 6.21. The fourth-order valence-corrected chi connectivity index (χ4v) is 3.00. The van der Waals surface area contributed by atoms with Gasteiger partial charge >= 0.3 is 5.97 Å². The lowest BCUT2D eigenvalue weighted by Gasteiger charge is -2.13. The highest BCUT2D eigenvalue weighted by Crippen LogP contribution is 2.14. The van der Waals surface area contributed by atoms with E-state index < -0.39 is 34.5 Å². The number of halogens is 1. The molecule has 7 nitrogen and oxygen atoms in total. The van der Waals surface area contributed by atoms with Crippen LogP contribution in [0.3, 0.4) is 0 Å². The van der Waals surface area contributed by atoms with Gasteiger partial charge in [0.05, 0.1) is 0 Å². The van der Waals surface area contributed by atoms with E-state index >= 15 is 0 Å². The van der Waals surface area contributed by atoms with Crippen molar-refractivity contribution in [3.05, 3.63) is 70.1 Å². The van der Waals surface area contributed by atoms with Crippen molar-refractivity contribution in [2.24, 2.45) is 0 Å². The summed E-state index contributed by atoms with van der Waals surface area (Å²) in [5, 5.41) is 4.04. The number of carbonyl (C=O) groups excluding carboxylic acids is 2. The summed E-state index contributed by atoms with van der Waals surface area (Å²) in [5.41, 5.74) is 2.25. The number of esters is 1. The molecule has 9 heteroatoms. The minimum Gasteiger partial charge on any atom is -0.452 e. The van der Waals surface area contributed by atoms with Crippen molar-refractivity contribution in [1.29, 1.82) is 0 Å². The fourth-order valence-electron chi connectivity index (χ4n) is 2.12. The number of aryl methyl sites for hydroxylation is 1. The zero-order valence-corrected chi connectivity index (χ0v) is 17.5. The Hall–Kier alpha value is -2.68. The van der Waals surface area contributed by atoms with E-state index in [1.807, 2.05) is 19.1 Å². The van der Waals surface area contributed by atoms with Gasteiger partial charge in [0.15, 0.2) is 6.10 Å². The molecule has 0 heterocycles. The normalized spacial score (nSPS) is 12.5. The molecule has 29 heavy (non-hydrogen) atoms. The average molecular weight is 437 g/mol. The van der Waals surface area contributed by atoms with Gasteiger partial charge in [-0.3, -0.25) is 9.59 Å². The summed E-state index contributed by atoms with van der Waals surface area (Å²) in [6.07, 6.45) is 0.306. The molecule has 2 aromatic carbocycles. The van der Waals surface area contributed by atoms with Crippen molar-refractivity contribution < 1.29 is 22.7 Å². The Morgan fingerprint density at radius 2 is 1.72 bits per heavy atom. The van der Waals surface area contributed by atoms with Crippen LogP contribution < -0.4 is 10.0 Å². The maximum Gasteiger partial charge on any atom is 0.321 e. The highest BCUT2D eigenvalue weighted by atomic mass is 35.5. The molecule has 0 spiro atoms. The van der Waals surface area contributed by atoms with Crippen molar-refractivity contribution in [2.45, 2.75) is 20.0 Å². The molecule has 0 saturated heterocycles. The van der Waals surface area contributed by atoms with Crippen molar-refractivity contribution >= 4 is 45.3 Å². The van der Waals surface area contributed by atoms with Gasteiger partial charge in [0, 0.05) is 16.1 Å². The topological polar surface area (TPSA) is 102 Å². The van der Waals surface area contributed by atoms with Crippen LogP contribution in [0.25, 0.3) is 6.08 Å². The number of ether oxygens (including phenoxy) is 1. The molecule has 2 N–H and O–H groups in total. The van der Waals surface area contributed by atoms with Crippen molar-refractivity contribution in [3.8, 4) is 0 Å². The number of sulfonamides is 1. The first-order chi connectivity index (χ1) is 13.6.